The molecule has 3 nitrogen and oxygen atoms in total. The summed E-state index contributed by atoms with van der Waals surface area (Å²) in [6.07, 6.45) is 10.7. The van der Waals surface area contributed by atoms with Crippen LogP contribution in [0.5, 0.6) is 0 Å². The topological polar surface area (TPSA) is 27.7 Å². The van der Waals surface area contributed by atoms with Crippen LogP contribution in [0.1, 0.15) is 57.8 Å². The molecule has 114 valence electrons. The van der Waals surface area contributed by atoms with Crippen molar-refractivity contribution in [3.63, 3.8) is 0 Å². The Morgan fingerprint density at radius 3 is 2.32 bits per heavy atom. The van der Waals surface area contributed by atoms with E-state index in [2.05, 4.69) is 15.9 Å². The Morgan fingerprint density at radius 1 is 0.895 bits per heavy atom. The SMILES string of the molecule is BrCCCCCOCCCCCOC1CCCCO1. The van der Waals surface area contributed by atoms with E-state index in [0.29, 0.717) is 0 Å². The van der Waals surface area contributed by atoms with Gasteiger partial charge in [0.25, 0.3) is 0 Å². The van der Waals surface area contributed by atoms with Crippen LogP contribution in [0.15, 0.2) is 0 Å². The summed E-state index contributed by atoms with van der Waals surface area (Å²) in [5, 5.41) is 1.11. The van der Waals surface area contributed by atoms with Crippen molar-refractivity contribution in [1.82, 2.24) is 0 Å². The molecule has 19 heavy (non-hydrogen) atoms. The molecule has 0 aliphatic carbocycles. The van der Waals surface area contributed by atoms with E-state index in [1.54, 1.807) is 0 Å². The second-order valence-corrected chi connectivity index (χ2v) is 5.88. The summed E-state index contributed by atoms with van der Waals surface area (Å²) in [6.45, 7) is 3.51. The van der Waals surface area contributed by atoms with Gasteiger partial charge >= 0.3 is 0 Å². The minimum Gasteiger partial charge on any atom is -0.381 e. The van der Waals surface area contributed by atoms with Gasteiger partial charge in [-0.2, -0.15) is 0 Å². The van der Waals surface area contributed by atoms with Crippen LogP contribution in [0.4, 0.5) is 0 Å². The Bertz CT molecular complexity index is 184. The van der Waals surface area contributed by atoms with Crippen molar-refractivity contribution in [3.05, 3.63) is 0 Å². The molecular weight excluding hydrogens is 308 g/mol. The number of hydrogen-bond acceptors (Lipinski definition) is 3. The Labute approximate surface area is 126 Å². The van der Waals surface area contributed by atoms with Crippen LogP contribution < -0.4 is 0 Å². The third-order valence-electron chi connectivity index (χ3n) is 3.30. The van der Waals surface area contributed by atoms with Crippen LogP contribution in [-0.4, -0.2) is 38.0 Å². The summed E-state index contributed by atoms with van der Waals surface area (Å²) in [7, 11) is 0. The van der Waals surface area contributed by atoms with E-state index in [4.69, 9.17) is 14.2 Å². The van der Waals surface area contributed by atoms with Gasteiger partial charge in [0, 0.05) is 31.8 Å². The van der Waals surface area contributed by atoms with Gasteiger partial charge in [-0.05, 0) is 51.4 Å². The predicted octanol–water partition coefficient (Wildman–Crippen LogP) is 4.28. The van der Waals surface area contributed by atoms with Gasteiger partial charge in [-0.3, -0.25) is 0 Å². The average molecular weight is 337 g/mol. The van der Waals surface area contributed by atoms with Crippen molar-refractivity contribution in [1.29, 1.82) is 0 Å². The summed E-state index contributed by atoms with van der Waals surface area (Å²) in [5.41, 5.74) is 0. The maximum atomic E-state index is 5.69. The maximum Gasteiger partial charge on any atom is 0.157 e. The molecule has 0 aromatic carbocycles. The number of unbranched alkanes of at least 4 members (excludes halogenated alkanes) is 4. The fourth-order valence-electron chi connectivity index (χ4n) is 2.12. The van der Waals surface area contributed by atoms with Crippen LogP contribution in [0.3, 0.4) is 0 Å². The smallest absolute Gasteiger partial charge is 0.157 e. The highest BCUT2D eigenvalue weighted by atomic mass is 79.9. The Hall–Kier alpha value is 0.360. The molecule has 0 N–H and O–H groups in total. The van der Waals surface area contributed by atoms with Crippen LogP contribution in [-0.2, 0) is 14.2 Å². The molecule has 0 aromatic rings. The summed E-state index contributed by atoms with van der Waals surface area (Å²) in [6, 6.07) is 0. The average Bonchev–Trinajstić information content (AvgIpc) is 2.46. The molecule has 0 amide bonds. The second kappa shape index (κ2) is 13.3. The van der Waals surface area contributed by atoms with Gasteiger partial charge in [0.1, 0.15) is 0 Å². The highest BCUT2D eigenvalue weighted by Crippen LogP contribution is 2.14. The van der Waals surface area contributed by atoms with Crippen molar-refractivity contribution in [2.24, 2.45) is 0 Å². The van der Waals surface area contributed by atoms with Crippen molar-refractivity contribution in [3.8, 4) is 0 Å². The number of alkyl halides is 1. The largest absolute Gasteiger partial charge is 0.381 e. The van der Waals surface area contributed by atoms with Gasteiger partial charge in [0.2, 0.25) is 0 Å². The van der Waals surface area contributed by atoms with E-state index in [9.17, 15) is 0 Å². The summed E-state index contributed by atoms with van der Waals surface area (Å²) in [5.74, 6) is 0. The Morgan fingerprint density at radius 2 is 1.63 bits per heavy atom. The van der Waals surface area contributed by atoms with Crippen LogP contribution in [0.2, 0.25) is 0 Å². The lowest BCUT2D eigenvalue weighted by atomic mass is 10.2. The zero-order valence-corrected chi connectivity index (χ0v) is 13.7. The molecule has 1 aliphatic rings. The summed E-state index contributed by atoms with van der Waals surface area (Å²) < 4.78 is 16.8. The zero-order chi connectivity index (χ0) is 13.6. The van der Waals surface area contributed by atoms with E-state index in [1.165, 1.54) is 38.5 Å². The molecule has 0 spiro atoms. The van der Waals surface area contributed by atoms with Gasteiger partial charge in [-0.25, -0.2) is 0 Å². The zero-order valence-electron chi connectivity index (χ0n) is 12.1. The first kappa shape index (κ1) is 17.4. The molecule has 0 bridgehead atoms. The first-order chi connectivity index (χ1) is 9.43. The molecule has 1 rings (SSSR count). The van der Waals surface area contributed by atoms with Crippen molar-refractivity contribution >= 4 is 15.9 Å². The fraction of sp³-hybridized carbons (Fsp3) is 1.00. The number of hydrogen-bond donors (Lipinski definition) is 0. The highest BCUT2D eigenvalue weighted by Gasteiger charge is 2.13. The standard InChI is InChI=1S/C15H29BrO3/c16-10-4-1-5-11-17-12-6-2-7-13-18-15-9-3-8-14-19-15/h15H,1-14H2. The second-order valence-electron chi connectivity index (χ2n) is 5.09. The maximum absolute atomic E-state index is 5.69. The Kier molecular flexibility index (Phi) is 12.2. The summed E-state index contributed by atoms with van der Waals surface area (Å²) in [4.78, 5) is 0. The molecule has 1 aliphatic heterocycles. The first-order valence-electron chi connectivity index (χ1n) is 7.80. The Balaban J connectivity index is 1.71. The van der Waals surface area contributed by atoms with Crippen LogP contribution in [0, 0.1) is 0 Å². The number of rotatable bonds is 12. The van der Waals surface area contributed by atoms with Gasteiger partial charge in [0.05, 0.1) is 0 Å². The molecule has 0 saturated carbocycles. The van der Waals surface area contributed by atoms with E-state index in [1.807, 2.05) is 0 Å². The van der Waals surface area contributed by atoms with Crippen molar-refractivity contribution < 1.29 is 14.2 Å². The van der Waals surface area contributed by atoms with Crippen LogP contribution >= 0.6 is 15.9 Å². The molecule has 1 saturated heterocycles. The van der Waals surface area contributed by atoms with Crippen LogP contribution in [0.25, 0.3) is 0 Å². The minimum absolute atomic E-state index is 0.0689. The lowest BCUT2D eigenvalue weighted by Crippen LogP contribution is -2.22. The summed E-state index contributed by atoms with van der Waals surface area (Å²) >= 11 is 3.43. The molecular formula is C15H29BrO3. The third kappa shape index (κ3) is 10.8. The molecule has 1 heterocycles. The van der Waals surface area contributed by atoms with E-state index in [-0.39, 0.29) is 6.29 Å². The lowest BCUT2D eigenvalue weighted by molar-refractivity contribution is -0.162. The van der Waals surface area contributed by atoms with Gasteiger partial charge in [0.15, 0.2) is 6.29 Å². The molecule has 4 heteroatoms. The quantitative estimate of drug-likeness (QED) is 0.393. The number of halogens is 1. The molecule has 0 aromatic heterocycles. The molecule has 1 fully saturated rings. The third-order valence-corrected chi connectivity index (χ3v) is 3.86. The van der Waals surface area contributed by atoms with E-state index < -0.39 is 0 Å². The van der Waals surface area contributed by atoms with Gasteiger partial charge in [-0.1, -0.05) is 22.4 Å². The molecule has 1 atom stereocenters. The number of ether oxygens (including phenoxy) is 3. The van der Waals surface area contributed by atoms with Crippen molar-refractivity contribution in [2.75, 3.05) is 31.8 Å². The first-order valence-corrected chi connectivity index (χ1v) is 8.92. The van der Waals surface area contributed by atoms with Gasteiger partial charge < -0.3 is 14.2 Å². The minimum atomic E-state index is 0.0689. The van der Waals surface area contributed by atoms with Crippen molar-refractivity contribution in [2.45, 2.75) is 64.1 Å². The monoisotopic (exact) mass is 336 g/mol. The predicted molar refractivity (Wildman–Crippen MR) is 81.9 cm³/mol. The van der Waals surface area contributed by atoms with Gasteiger partial charge in [-0.15, -0.1) is 0 Å². The van der Waals surface area contributed by atoms with E-state index in [0.717, 1.165) is 51.0 Å². The molecule has 0 radical (unpaired) electrons. The molecule has 1 unspecified atom stereocenters. The fourth-order valence-corrected chi connectivity index (χ4v) is 2.51. The normalized spacial score (nSPS) is 19.7. The highest BCUT2D eigenvalue weighted by molar-refractivity contribution is 9.09. The lowest BCUT2D eigenvalue weighted by Gasteiger charge is -2.22. The van der Waals surface area contributed by atoms with E-state index >= 15 is 0 Å².